The van der Waals surface area contributed by atoms with E-state index in [1.165, 1.54) is 0 Å². The van der Waals surface area contributed by atoms with E-state index in [2.05, 4.69) is 5.32 Å². The molecule has 0 radical (unpaired) electrons. The van der Waals surface area contributed by atoms with Gasteiger partial charge in [-0.3, -0.25) is 4.79 Å². The van der Waals surface area contributed by atoms with E-state index in [0.717, 1.165) is 17.0 Å². The highest BCUT2D eigenvalue weighted by molar-refractivity contribution is 6.30. The van der Waals surface area contributed by atoms with Crippen LogP contribution in [-0.2, 0) is 10.3 Å². The number of rotatable bonds is 5. The van der Waals surface area contributed by atoms with Gasteiger partial charge in [0.25, 0.3) is 0 Å². The molecule has 0 aromatic heterocycles. The molecule has 3 N–H and O–H groups in total. The Morgan fingerprint density at radius 3 is 2.19 bits per heavy atom. The molecule has 0 aliphatic rings. The molecule has 0 heterocycles. The number of halogens is 1. The molecule has 21 heavy (non-hydrogen) atoms. The van der Waals surface area contributed by atoms with E-state index in [1.807, 2.05) is 24.3 Å². The minimum Gasteiger partial charge on any atom is -0.497 e. The standard InChI is InChI=1S/C16H17ClN2O2/c1-16(15(18)20,11-3-5-12(17)6-4-11)19-13-7-9-14(21-2)10-8-13/h3-10,19H,1-2H3,(H2,18,20). The quantitative estimate of drug-likeness (QED) is 0.892. The van der Waals surface area contributed by atoms with Gasteiger partial charge in [-0.1, -0.05) is 23.7 Å². The molecule has 4 nitrogen and oxygen atoms in total. The second-order valence-electron chi connectivity index (χ2n) is 4.85. The first kappa shape index (κ1) is 15.2. The predicted molar refractivity (Wildman–Crippen MR) is 84.6 cm³/mol. The van der Waals surface area contributed by atoms with Crippen molar-refractivity contribution in [2.75, 3.05) is 12.4 Å². The Labute approximate surface area is 128 Å². The lowest BCUT2D eigenvalue weighted by atomic mass is 9.91. The Morgan fingerprint density at radius 2 is 1.71 bits per heavy atom. The zero-order chi connectivity index (χ0) is 15.5. The second kappa shape index (κ2) is 6.06. The van der Waals surface area contributed by atoms with Gasteiger partial charge in [0.05, 0.1) is 7.11 Å². The van der Waals surface area contributed by atoms with Crippen LogP contribution in [0.2, 0.25) is 5.02 Å². The van der Waals surface area contributed by atoms with Gasteiger partial charge in [0.2, 0.25) is 5.91 Å². The maximum Gasteiger partial charge on any atom is 0.247 e. The fourth-order valence-electron chi connectivity index (χ4n) is 2.02. The average molecular weight is 305 g/mol. The summed E-state index contributed by atoms with van der Waals surface area (Å²) in [5, 5.41) is 3.78. The van der Waals surface area contributed by atoms with E-state index < -0.39 is 11.4 Å². The molecule has 0 aliphatic heterocycles. The molecule has 2 rings (SSSR count). The minimum atomic E-state index is -1.03. The fourth-order valence-corrected chi connectivity index (χ4v) is 2.15. The summed E-state index contributed by atoms with van der Waals surface area (Å²) >= 11 is 5.88. The van der Waals surface area contributed by atoms with Gasteiger partial charge in [0.1, 0.15) is 11.3 Å². The molecule has 0 bridgehead atoms. The molecular formula is C16H17ClN2O2. The molecule has 0 spiro atoms. The minimum absolute atomic E-state index is 0.472. The summed E-state index contributed by atoms with van der Waals surface area (Å²) < 4.78 is 5.11. The fraction of sp³-hybridized carbons (Fsp3) is 0.188. The summed E-state index contributed by atoms with van der Waals surface area (Å²) in [4.78, 5) is 11.9. The smallest absolute Gasteiger partial charge is 0.247 e. The molecule has 1 atom stereocenters. The summed E-state index contributed by atoms with van der Waals surface area (Å²) in [6.45, 7) is 1.74. The molecule has 0 saturated carbocycles. The largest absolute Gasteiger partial charge is 0.497 e. The number of nitrogens with one attached hydrogen (secondary N) is 1. The van der Waals surface area contributed by atoms with Crippen LogP contribution in [0, 0.1) is 0 Å². The maximum atomic E-state index is 11.9. The van der Waals surface area contributed by atoms with E-state index in [0.29, 0.717) is 5.02 Å². The van der Waals surface area contributed by atoms with Crippen LogP contribution < -0.4 is 15.8 Å². The first-order chi connectivity index (χ1) is 9.95. The summed E-state index contributed by atoms with van der Waals surface area (Å²) in [6, 6.07) is 14.3. The van der Waals surface area contributed by atoms with Gasteiger partial charge >= 0.3 is 0 Å². The molecular weight excluding hydrogens is 288 g/mol. The van der Waals surface area contributed by atoms with Crippen molar-refractivity contribution in [1.82, 2.24) is 0 Å². The highest BCUT2D eigenvalue weighted by Gasteiger charge is 2.33. The van der Waals surface area contributed by atoms with Gasteiger partial charge in [-0.2, -0.15) is 0 Å². The molecule has 1 unspecified atom stereocenters. The third-order valence-electron chi connectivity index (χ3n) is 3.40. The first-order valence-electron chi connectivity index (χ1n) is 6.44. The summed E-state index contributed by atoms with van der Waals surface area (Å²) in [5.74, 6) is 0.272. The third-order valence-corrected chi connectivity index (χ3v) is 3.65. The molecule has 2 aromatic rings. The number of anilines is 1. The molecule has 0 saturated heterocycles. The van der Waals surface area contributed by atoms with Gasteiger partial charge in [0.15, 0.2) is 0 Å². The number of primary amides is 1. The van der Waals surface area contributed by atoms with Crippen LogP contribution in [-0.4, -0.2) is 13.0 Å². The zero-order valence-electron chi connectivity index (χ0n) is 11.9. The van der Waals surface area contributed by atoms with Crippen molar-refractivity contribution in [2.45, 2.75) is 12.5 Å². The zero-order valence-corrected chi connectivity index (χ0v) is 12.6. The van der Waals surface area contributed by atoms with E-state index >= 15 is 0 Å². The Bertz CT molecular complexity index is 626. The summed E-state index contributed by atoms with van der Waals surface area (Å²) in [7, 11) is 1.60. The van der Waals surface area contributed by atoms with Crippen LogP contribution >= 0.6 is 11.6 Å². The number of hydrogen-bond donors (Lipinski definition) is 2. The van der Waals surface area contributed by atoms with Crippen LogP contribution in [0.15, 0.2) is 48.5 Å². The molecule has 2 aromatic carbocycles. The Hall–Kier alpha value is -2.20. The number of methoxy groups -OCH3 is 1. The van der Waals surface area contributed by atoms with Crippen molar-refractivity contribution in [3.63, 3.8) is 0 Å². The van der Waals surface area contributed by atoms with Gasteiger partial charge < -0.3 is 15.8 Å². The lowest BCUT2D eigenvalue weighted by Gasteiger charge is -2.29. The third kappa shape index (κ3) is 3.28. The van der Waals surface area contributed by atoms with E-state index in [4.69, 9.17) is 22.1 Å². The molecule has 1 amide bonds. The maximum absolute atomic E-state index is 11.9. The Morgan fingerprint density at radius 1 is 1.14 bits per heavy atom. The van der Waals surface area contributed by atoms with Crippen molar-refractivity contribution in [3.8, 4) is 5.75 Å². The lowest BCUT2D eigenvalue weighted by Crippen LogP contribution is -2.45. The molecule has 0 fully saturated rings. The molecule has 0 aliphatic carbocycles. The number of hydrogen-bond acceptors (Lipinski definition) is 3. The average Bonchev–Trinajstić information content (AvgIpc) is 2.48. The second-order valence-corrected chi connectivity index (χ2v) is 5.29. The van der Waals surface area contributed by atoms with Crippen molar-refractivity contribution in [3.05, 3.63) is 59.1 Å². The van der Waals surface area contributed by atoms with Crippen molar-refractivity contribution >= 4 is 23.2 Å². The van der Waals surface area contributed by atoms with Gasteiger partial charge in [-0.05, 0) is 48.9 Å². The lowest BCUT2D eigenvalue weighted by molar-refractivity contribution is -0.122. The molecule has 5 heteroatoms. The van der Waals surface area contributed by atoms with Crippen LogP contribution in [0.25, 0.3) is 0 Å². The predicted octanol–water partition coefficient (Wildman–Crippen LogP) is 3.16. The van der Waals surface area contributed by atoms with Gasteiger partial charge in [-0.25, -0.2) is 0 Å². The number of benzene rings is 2. The highest BCUT2D eigenvalue weighted by atomic mass is 35.5. The number of amides is 1. The van der Waals surface area contributed by atoms with Crippen molar-refractivity contribution in [1.29, 1.82) is 0 Å². The number of ether oxygens (including phenoxy) is 1. The summed E-state index contributed by atoms with van der Waals surface area (Å²) in [5.41, 5.74) is 6.07. The van der Waals surface area contributed by atoms with Crippen molar-refractivity contribution < 1.29 is 9.53 Å². The van der Waals surface area contributed by atoms with E-state index in [-0.39, 0.29) is 0 Å². The van der Waals surface area contributed by atoms with Crippen LogP contribution in [0.5, 0.6) is 5.75 Å². The topological polar surface area (TPSA) is 64.3 Å². The van der Waals surface area contributed by atoms with E-state index in [9.17, 15) is 4.79 Å². The highest BCUT2D eigenvalue weighted by Crippen LogP contribution is 2.28. The monoisotopic (exact) mass is 304 g/mol. The Balaban J connectivity index is 2.33. The Kier molecular flexibility index (Phi) is 4.38. The summed E-state index contributed by atoms with van der Waals surface area (Å²) in [6.07, 6.45) is 0. The van der Waals surface area contributed by atoms with E-state index in [1.54, 1.807) is 38.3 Å². The van der Waals surface area contributed by atoms with Crippen molar-refractivity contribution in [2.24, 2.45) is 5.73 Å². The van der Waals surface area contributed by atoms with Gasteiger partial charge in [0, 0.05) is 10.7 Å². The normalized spacial score (nSPS) is 13.3. The van der Waals surface area contributed by atoms with Crippen LogP contribution in [0.4, 0.5) is 5.69 Å². The number of carbonyl (C=O) groups is 1. The first-order valence-corrected chi connectivity index (χ1v) is 6.81. The van der Waals surface area contributed by atoms with Gasteiger partial charge in [-0.15, -0.1) is 0 Å². The number of nitrogens with two attached hydrogens (primary N) is 1. The SMILES string of the molecule is COc1ccc(NC(C)(C(N)=O)c2ccc(Cl)cc2)cc1. The molecule has 110 valence electrons. The number of carbonyl (C=O) groups excluding carboxylic acids is 1. The van der Waals surface area contributed by atoms with Crippen LogP contribution in [0.3, 0.4) is 0 Å². The van der Waals surface area contributed by atoms with Crippen LogP contribution in [0.1, 0.15) is 12.5 Å².